The summed E-state index contributed by atoms with van der Waals surface area (Å²) in [6, 6.07) is 4.81. The summed E-state index contributed by atoms with van der Waals surface area (Å²) >= 11 is 5.98. The van der Waals surface area contributed by atoms with Gasteiger partial charge >= 0.3 is 0 Å². The van der Waals surface area contributed by atoms with Gasteiger partial charge in [0.05, 0.1) is 11.8 Å². The zero-order chi connectivity index (χ0) is 11.8. The van der Waals surface area contributed by atoms with Crippen molar-refractivity contribution in [2.45, 2.75) is 50.4 Å². The Morgan fingerprint density at radius 1 is 1.35 bits per heavy atom. The second kappa shape index (κ2) is 4.56. The summed E-state index contributed by atoms with van der Waals surface area (Å²) in [4.78, 5) is 6.85. The molecule has 0 radical (unpaired) electrons. The van der Waals surface area contributed by atoms with Gasteiger partial charge in [0.25, 0.3) is 0 Å². The van der Waals surface area contributed by atoms with Crippen molar-refractivity contribution in [3.63, 3.8) is 0 Å². The third kappa shape index (κ3) is 2.32. The number of piperidine rings is 1. The molecule has 2 saturated heterocycles. The minimum Gasteiger partial charge on any atom is -0.393 e. The Bertz CT molecular complexity index is 398. The number of hydrogen-bond acceptors (Lipinski definition) is 3. The standard InChI is InChI=1S/C13H17ClN2O/c14-9-3-4-15-10(5-9)8-16-11-1-2-12(16)7-13(17)6-11/h3-5,11-13,17H,1-2,6-8H2. The van der Waals surface area contributed by atoms with Gasteiger partial charge in [0.15, 0.2) is 0 Å². The Morgan fingerprint density at radius 2 is 2.06 bits per heavy atom. The molecule has 2 atom stereocenters. The van der Waals surface area contributed by atoms with Crippen LogP contribution in [0.1, 0.15) is 31.4 Å². The van der Waals surface area contributed by atoms with E-state index < -0.39 is 0 Å². The van der Waals surface area contributed by atoms with Crippen molar-refractivity contribution in [1.29, 1.82) is 0 Å². The molecule has 1 aromatic rings. The van der Waals surface area contributed by atoms with E-state index in [2.05, 4.69) is 9.88 Å². The van der Waals surface area contributed by atoms with E-state index in [4.69, 9.17) is 11.6 Å². The number of aliphatic hydroxyl groups excluding tert-OH is 1. The van der Waals surface area contributed by atoms with Crippen LogP contribution in [0.15, 0.2) is 18.3 Å². The molecule has 2 aliphatic rings. The summed E-state index contributed by atoms with van der Waals surface area (Å²) in [7, 11) is 0. The number of aliphatic hydroxyl groups is 1. The molecule has 0 spiro atoms. The first-order valence-electron chi connectivity index (χ1n) is 6.26. The zero-order valence-electron chi connectivity index (χ0n) is 9.72. The quantitative estimate of drug-likeness (QED) is 0.877. The lowest BCUT2D eigenvalue weighted by molar-refractivity contribution is 0.0304. The van der Waals surface area contributed by atoms with E-state index in [-0.39, 0.29) is 6.10 Å². The molecule has 3 nitrogen and oxygen atoms in total. The lowest BCUT2D eigenvalue weighted by atomic mass is 10.00. The molecule has 2 fully saturated rings. The number of hydrogen-bond donors (Lipinski definition) is 1. The van der Waals surface area contributed by atoms with E-state index in [9.17, 15) is 5.11 Å². The van der Waals surface area contributed by atoms with Crippen LogP contribution >= 0.6 is 11.6 Å². The van der Waals surface area contributed by atoms with E-state index in [1.54, 1.807) is 12.3 Å². The van der Waals surface area contributed by atoms with Crippen molar-refractivity contribution < 1.29 is 5.11 Å². The Kier molecular flexibility index (Phi) is 3.07. The van der Waals surface area contributed by atoms with Crippen LogP contribution in [-0.4, -0.2) is 33.2 Å². The van der Waals surface area contributed by atoms with Crippen LogP contribution in [0.3, 0.4) is 0 Å². The maximum atomic E-state index is 9.75. The van der Waals surface area contributed by atoms with Gasteiger partial charge in [0, 0.05) is 29.8 Å². The molecule has 2 unspecified atom stereocenters. The van der Waals surface area contributed by atoms with Crippen molar-refractivity contribution in [3.8, 4) is 0 Å². The molecule has 3 heterocycles. The summed E-state index contributed by atoms with van der Waals surface area (Å²) in [5.41, 5.74) is 1.03. The molecule has 1 aromatic heterocycles. The van der Waals surface area contributed by atoms with Gasteiger partial charge in [0.1, 0.15) is 0 Å². The lowest BCUT2D eigenvalue weighted by Gasteiger charge is -2.36. The smallest absolute Gasteiger partial charge is 0.0570 e. The number of rotatable bonds is 2. The highest BCUT2D eigenvalue weighted by Gasteiger charge is 2.39. The molecular weight excluding hydrogens is 236 g/mol. The second-order valence-corrected chi connectivity index (χ2v) is 5.58. The molecule has 1 N–H and O–H groups in total. The van der Waals surface area contributed by atoms with E-state index in [0.29, 0.717) is 12.1 Å². The number of nitrogens with zero attached hydrogens (tertiary/aromatic N) is 2. The fourth-order valence-corrected chi connectivity index (χ4v) is 3.41. The van der Waals surface area contributed by atoms with E-state index in [1.165, 1.54) is 12.8 Å². The van der Waals surface area contributed by atoms with E-state index in [1.807, 2.05) is 6.07 Å². The first kappa shape index (κ1) is 11.5. The van der Waals surface area contributed by atoms with E-state index >= 15 is 0 Å². The maximum absolute atomic E-state index is 9.75. The molecule has 0 amide bonds. The fourth-order valence-electron chi connectivity index (χ4n) is 3.23. The molecular formula is C13H17ClN2O. The molecule has 3 rings (SSSR count). The van der Waals surface area contributed by atoms with Crippen molar-refractivity contribution in [2.24, 2.45) is 0 Å². The van der Waals surface area contributed by atoms with Gasteiger partial charge in [-0.25, -0.2) is 0 Å². The Hall–Kier alpha value is -0.640. The highest BCUT2D eigenvalue weighted by Crippen LogP contribution is 2.36. The van der Waals surface area contributed by atoms with Gasteiger partial charge in [-0.05, 0) is 37.8 Å². The van der Waals surface area contributed by atoms with Crippen molar-refractivity contribution in [1.82, 2.24) is 9.88 Å². The van der Waals surface area contributed by atoms with Crippen LogP contribution in [0, 0.1) is 0 Å². The van der Waals surface area contributed by atoms with Crippen LogP contribution in [0.2, 0.25) is 5.02 Å². The minimum absolute atomic E-state index is 0.101. The van der Waals surface area contributed by atoms with Crippen LogP contribution in [0.4, 0.5) is 0 Å². The van der Waals surface area contributed by atoms with Gasteiger partial charge in [-0.15, -0.1) is 0 Å². The second-order valence-electron chi connectivity index (χ2n) is 5.15. The number of fused-ring (bicyclic) bond motifs is 2. The van der Waals surface area contributed by atoms with Gasteiger partial charge in [-0.3, -0.25) is 9.88 Å². The summed E-state index contributed by atoms with van der Waals surface area (Å²) in [5, 5.41) is 10.5. The van der Waals surface area contributed by atoms with Crippen LogP contribution in [-0.2, 0) is 6.54 Å². The van der Waals surface area contributed by atoms with Gasteiger partial charge < -0.3 is 5.11 Å². The summed E-state index contributed by atoms with van der Waals surface area (Å²) in [6.45, 7) is 0.864. The third-order valence-electron chi connectivity index (χ3n) is 3.98. The summed E-state index contributed by atoms with van der Waals surface area (Å²) in [6.07, 6.45) is 5.91. The lowest BCUT2D eigenvalue weighted by Crippen LogP contribution is -2.44. The molecule has 0 saturated carbocycles. The fraction of sp³-hybridized carbons (Fsp3) is 0.615. The third-order valence-corrected chi connectivity index (χ3v) is 4.22. The van der Waals surface area contributed by atoms with Crippen molar-refractivity contribution >= 4 is 11.6 Å². The normalized spacial score (nSPS) is 32.9. The van der Waals surface area contributed by atoms with Crippen molar-refractivity contribution in [3.05, 3.63) is 29.0 Å². The average Bonchev–Trinajstić information content (AvgIpc) is 2.54. The van der Waals surface area contributed by atoms with Crippen LogP contribution < -0.4 is 0 Å². The molecule has 2 aliphatic heterocycles. The number of halogens is 1. The molecule has 0 aliphatic carbocycles. The highest BCUT2D eigenvalue weighted by atomic mass is 35.5. The highest BCUT2D eigenvalue weighted by molar-refractivity contribution is 6.30. The molecule has 17 heavy (non-hydrogen) atoms. The first-order valence-corrected chi connectivity index (χ1v) is 6.64. The largest absolute Gasteiger partial charge is 0.393 e. The topological polar surface area (TPSA) is 36.4 Å². The monoisotopic (exact) mass is 252 g/mol. The van der Waals surface area contributed by atoms with E-state index in [0.717, 1.165) is 30.1 Å². The number of pyridine rings is 1. The summed E-state index contributed by atoms with van der Waals surface area (Å²) in [5.74, 6) is 0. The average molecular weight is 253 g/mol. The van der Waals surface area contributed by atoms with Gasteiger partial charge in [-0.1, -0.05) is 11.6 Å². The van der Waals surface area contributed by atoms with Gasteiger partial charge in [0.2, 0.25) is 0 Å². The summed E-state index contributed by atoms with van der Waals surface area (Å²) < 4.78 is 0. The molecule has 0 aromatic carbocycles. The van der Waals surface area contributed by atoms with Crippen LogP contribution in [0.25, 0.3) is 0 Å². The zero-order valence-corrected chi connectivity index (χ0v) is 10.5. The first-order chi connectivity index (χ1) is 8.22. The molecule has 4 heteroatoms. The van der Waals surface area contributed by atoms with Crippen molar-refractivity contribution in [2.75, 3.05) is 0 Å². The predicted molar refractivity (Wildman–Crippen MR) is 66.8 cm³/mol. The Labute approximate surface area is 106 Å². The molecule has 92 valence electrons. The predicted octanol–water partition coefficient (Wildman–Crippen LogP) is 2.22. The minimum atomic E-state index is -0.101. The van der Waals surface area contributed by atoms with Gasteiger partial charge in [-0.2, -0.15) is 0 Å². The Morgan fingerprint density at radius 3 is 2.71 bits per heavy atom. The number of aromatic nitrogens is 1. The van der Waals surface area contributed by atoms with Crippen LogP contribution in [0.5, 0.6) is 0 Å². The Balaban J connectivity index is 1.74. The SMILES string of the molecule is OC1CC2CCC(C1)N2Cc1cc(Cl)ccn1. The molecule has 2 bridgehead atoms. The maximum Gasteiger partial charge on any atom is 0.0570 e.